The quantitative estimate of drug-likeness (QED) is 0.614. The monoisotopic (exact) mass is 414 g/mol. The maximum absolute atomic E-state index is 13.1. The molecule has 0 aliphatic heterocycles. The van der Waals surface area contributed by atoms with Gasteiger partial charge in [0.2, 0.25) is 0 Å². The molecule has 1 aromatic heterocycles. The number of methoxy groups -OCH3 is 1. The van der Waals surface area contributed by atoms with Crippen molar-refractivity contribution in [1.29, 1.82) is 0 Å². The highest BCUT2D eigenvalue weighted by molar-refractivity contribution is 5.99. The molecule has 0 atom stereocenters. The Balaban J connectivity index is 0.00000300. The number of carbonyl (C=O) groups excluding carboxylic acids is 1. The molecule has 0 fully saturated rings. The van der Waals surface area contributed by atoms with Crippen molar-refractivity contribution in [3.8, 4) is 17.0 Å². The summed E-state index contributed by atoms with van der Waals surface area (Å²) in [6.45, 7) is 1.96. The molecule has 0 bridgehead atoms. The Bertz CT molecular complexity index is 928. The van der Waals surface area contributed by atoms with Gasteiger partial charge in [0.1, 0.15) is 11.4 Å². The third kappa shape index (κ3) is 5.59. The van der Waals surface area contributed by atoms with Crippen LogP contribution < -0.4 is 10.1 Å². The minimum atomic E-state index is -0.0487. The molecule has 1 heterocycles. The fourth-order valence-electron chi connectivity index (χ4n) is 3.00. The minimum Gasteiger partial charge on any atom is -0.497 e. The molecule has 0 unspecified atom stereocenters. The summed E-state index contributed by atoms with van der Waals surface area (Å²) in [6, 6.07) is 17.7. The summed E-state index contributed by atoms with van der Waals surface area (Å²) in [7, 11) is 5.31. The lowest BCUT2D eigenvalue weighted by atomic mass is 10.1. The van der Waals surface area contributed by atoms with Gasteiger partial charge in [-0.25, -0.2) is 0 Å². The van der Waals surface area contributed by atoms with Gasteiger partial charge in [-0.15, -0.1) is 12.4 Å². The molecule has 0 aliphatic rings. The van der Waals surface area contributed by atoms with Crippen LogP contribution in [-0.4, -0.2) is 54.9 Å². The van der Waals surface area contributed by atoms with Crippen LogP contribution in [0.15, 0.2) is 60.8 Å². The number of nitrogens with zero attached hydrogens (tertiary/aromatic N) is 3. The predicted octanol–water partition coefficient (Wildman–Crippen LogP) is 3.32. The number of carbonyl (C=O) groups is 1. The highest BCUT2D eigenvalue weighted by atomic mass is 35.5. The van der Waals surface area contributed by atoms with Crippen molar-refractivity contribution in [1.82, 2.24) is 20.0 Å². The van der Waals surface area contributed by atoms with Crippen molar-refractivity contribution in [3.05, 3.63) is 71.9 Å². The number of amides is 1. The fraction of sp³-hybridized carbons (Fsp3) is 0.273. The molecule has 0 saturated heterocycles. The first-order valence-corrected chi connectivity index (χ1v) is 9.28. The molecule has 0 radical (unpaired) electrons. The lowest BCUT2D eigenvalue weighted by Crippen LogP contribution is -2.32. The van der Waals surface area contributed by atoms with Crippen LogP contribution in [0.4, 0.5) is 0 Å². The number of likely N-dealkylation sites (N-methyl/N-ethyl adjacent to an activating group) is 2. The van der Waals surface area contributed by atoms with Crippen LogP contribution >= 0.6 is 12.4 Å². The molecule has 0 spiro atoms. The van der Waals surface area contributed by atoms with E-state index in [1.54, 1.807) is 12.0 Å². The Morgan fingerprint density at radius 3 is 2.62 bits per heavy atom. The SMILES string of the molecule is CNCCN(C)C(=O)c1cn(Cc2ccccc2)nc1-c1cccc(OC)c1.Cl. The lowest BCUT2D eigenvalue weighted by molar-refractivity contribution is 0.0797. The molecule has 3 aromatic rings. The largest absolute Gasteiger partial charge is 0.497 e. The minimum absolute atomic E-state index is 0. The van der Waals surface area contributed by atoms with Gasteiger partial charge in [0, 0.05) is 31.9 Å². The molecular formula is C22H27ClN4O2. The molecule has 0 saturated carbocycles. The Hall–Kier alpha value is -2.83. The summed E-state index contributed by atoms with van der Waals surface area (Å²) in [5, 5.41) is 7.81. The molecular weight excluding hydrogens is 388 g/mol. The summed E-state index contributed by atoms with van der Waals surface area (Å²) in [5.74, 6) is 0.685. The topological polar surface area (TPSA) is 59.4 Å². The zero-order valence-electron chi connectivity index (χ0n) is 17.0. The molecule has 1 amide bonds. The Kier molecular flexibility index (Phi) is 8.24. The Morgan fingerprint density at radius 2 is 1.93 bits per heavy atom. The number of rotatable bonds is 8. The van der Waals surface area contributed by atoms with Crippen LogP contribution in [0, 0.1) is 0 Å². The van der Waals surface area contributed by atoms with Gasteiger partial charge in [0.05, 0.1) is 19.2 Å². The van der Waals surface area contributed by atoms with Gasteiger partial charge in [-0.05, 0) is 24.7 Å². The molecule has 0 aliphatic carbocycles. The number of ether oxygens (including phenoxy) is 1. The first-order valence-electron chi connectivity index (χ1n) is 9.28. The van der Waals surface area contributed by atoms with E-state index in [-0.39, 0.29) is 18.3 Å². The first-order chi connectivity index (χ1) is 13.6. The summed E-state index contributed by atoms with van der Waals surface area (Å²) in [6.07, 6.45) is 1.83. The summed E-state index contributed by atoms with van der Waals surface area (Å²) in [5.41, 5.74) is 3.24. The van der Waals surface area contributed by atoms with E-state index in [2.05, 4.69) is 5.32 Å². The zero-order valence-corrected chi connectivity index (χ0v) is 17.8. The van der Waals surface area contributed by atoms with E-state index >= 15 is 0 Å². The highest BCUT2D eigenvalue weighted by Gasteiger charge is 2.21. The smallest absolute Gasteiger partial charge is 0.257 e. The van der Waals surface area contributed by atoms with Gasteiger partial charge in [0.15, 0.2) is 0 Å². The molecule has 6 nitrogen and oxygen atoms in total. The first kappa shape index (κ1) is 22.5. The molecule has 1 N–H and O–H groups in total. The van der Waals surface area contributed by atoms with Gasteiger partial charge < -0.3 is 15.0 Å². The van der Waals surface area contributed by atoms with Crippen LogP contribution in [0.1, 0.15) is 15.9 Å². The zero-order chi connectivity index (χ0) is 19.9. The van der Waals surface area contributed by atoms with Crippen molar-refractivity contribution in [2.75, 3.05) is 34.3 Å². The lowest BCUT2D eigenvalue weighted by Gasteiger charge is -2.16. The van der Waals surface area contributed by atoms with Crippen LogP contribution in [0.2, 0.25) is 0 Å². The van der Waals surface area contributed by atoms with Gasteiger partial charge in [-0.3, -0.25) is 9.48 Å². The maximum Gasteiger partial charge on any atom is 0.257 e. The average Bonchev–Trinajstić information content (AvgIpc) is 3.15. The van der Waals surface area contributed by atoms with Gasteiger partial charge in [-0.2, -0.15) is 5.10 Å². The van der Waals surface area contributed by atoms with Gasteiger partial charge in [-0.1, -0.05) is 42.5 Å². The van der Waals surface area contributed by atoms with Crippen molar-refractivity contribution >= 4 is 18.3 Å². The Morgan fingerprint density at radius 1 is 1.17 bits per heavy atom. The van der Waals surface area contributed by atoms with E-state index < -0.39 is 0 Å². The van der Waals surface area contributed by atoms with E-state index in [1.807, 2.05) is 79.6 Å². The van der Waals surface area contributed by atoms with Gasteiger partial charge >= 0.3 is 0 Å². The van der Waals surface area contributed by atoms with Crippen molar-refractivity contribution in [2.45, 2.75) is 6.54 Å². The van der Waals surface area contributed by atoms with Crippen molar-refractivity contribution in [3.63, 3.8) is 0 Å². The van der Waals surface area contributed by atoms with E-state index in [9.17, 15) is 4.79 Å². The van der Waals surface area contributed by atoms with Crippen LogP contribution in [0.25, 0.3) is 11.3 Å². The predicted molar refractivity (Wildman–Crippen MR) is 118 cm³/mol. The van der Waals surface area contributed by atoms with Crippen LogP contribution in [0.3, 0.4) is 0 Å². The third-order valence-electron chi connectivity index (χ3n) is 4.57. The van der Waals surface area contributed by atoms with E-state index in [1.165, 1.54) is 0 Å². The molecule has 7 heteroatoms. The number of hydrogen-bond donors (Lipinski definition) is 1. The number of benzene rings is 2. The fourth-order valence-corrected chi connectivity index (χ4v) is 3.00. The van der Waals surface area contributed by atoms with E-state index in [4.69, 9.17) is 9.84 Å². The second-order valence-corrected chi connectivity index (χ2v) is 6.64. The highest BCUT2D eigenvalue weighted by Crippen LogP contribution is 2.27. The second kappa shape index (κ2) is 10.6. The normalized spacial score (nSPS) is 10.3. The standard InChI is InChI=1S/C22H26N4O2.ClH/c1-23-12-13-25(2)22(27)20-16-26(15-17-8-5-4-6-9-17)24-21(20)18-10-7-11-19(14-18)28-3;/h4-11,14,16,23H,12-13,15H2,1-3H3;1H. The van der Waals surface area contributed by atoms with Crippen LogP contribution in [-0.2, 0) is 6.54 Å². The van der Waals surface area contributed by atoms with Gasteiger partial charge in [0.25, 0.3) is 5.91 Å². The van der Waals surface area contributed by atoms with Crippen LogP contribution in [0.5, 0.6) is 5.75 Å². The molecule has 154 valence electrons. The van der Waals surface area contributed by atoms with Crippen molar-refractivity contribution < 1.29 is 9.53 Å². The maximum atomic E-state index is 13.1. The third-order valence-corrected chi connectivity index (χ3v) is 4.57. The second-order valence-electron chi connectivity index (χ2n) is 6.64. The summed E-state index contributed by atoms with van der Waals surface area (Å²) >= 11 is 0. The number of halogens is 1. The molecule has 29 heavy (non-hydrogen) atoms. The summed E-state index contributed by atoms with van der Waals surface area (Å²) in [4.78, 5) is 14.8. The van der Waals surface area contributed by atoms with Crippen molar-refractivity contribution in [2.24, 2.45) is 0 Å². The molecule has 3 rings (SSSR count). The number of hydrogen-bond acceptors (Lipinski definition) is 4. The average molecular weight is 415 g/mol. The Labute approximate surface area is 177 Å². The molecule has 2 aromatic carbocycles. The number of nitrogens with one attached hydrogen (secondary N) is 1. The van der Waals surface area contributed by atoms with E-state index in [0.29, 0.717) is 24.3 Å². The summed E-state index contributed by atoms with van der Waals surface area (Å²) < 4.78 is 7.16. The van der Waals surface area contributed by atoms with E-state index in [0.717, 1.165) is 23.4 Å². The number of aromatic nitrogens is 2.